The smallest absolute Gasteiger partial charge is 0.243 e. The van der Waals surface area contributed by atoms with Gasteiger partial charge in [-0.05, 0) is 5.92 Å². The van der Waals surface area contributed by atoms with Crippen molar-refractivity contribution in [1.82, 2.24) is 5.32 Å². The Hall–Kier alpha value is -0.550. The van der Waals surface area contributed by atoms with Crippen molar-refractivity contribution in [2.75, 3.05) is 12.3 Å². The van der Waals surface area contributed by atoms with Crippen LogP contribution in [0.3, 0.4) is 0 Å². The fraction of sp³-hybridized carbons (Fsp3) is 0.778. The van der Waals surface area contributed by atoms with Gasteiger partial charge in [-0.1, -0.05) is 32.0 Å². The Kier molecular flexibility index (Phi) is 4.41. The van der Waals surface area contributed by atoms with E-state index in [-0.39, 0.29) is 11.8 Å². The number of nitrogens with one attached hydrogen (secondary N) is 1. The second-order valence-electron chi connectivity index (χ2n) is 3.44. The first-order chi connectivity index (χ1) is 6.65. The molecule has 80 valence electrons. The lowest BCUT2D eigenvalue weighted by Crippen LogP contribution is -2.45. The van der Waals surface area contributed by atoms with Gasteiger partial charge in [-0.25, -0.2) is 0 Å². The maximum absolute atomic E-state index is 11.6. The molecule has 1 aliphatic rings. The van der Waals surface area contributed by atoms with Crippen LogP contribution >= 0.6 is 11.8 Å². The maximum Gasteiger partial charge on any atom is 0.243 e. The Morgan fingerprint density at radius 1 is 1.79 bits per heavy atom. The van der Waals surface area contributed by atoms with E-state index in [1.807, 2.05) is 13.8 Å². The molecular weight excluding hydrogens is 198 g/mol. The molecular formula is C9H17N3OS. The zero-order chi connectivity index (χ0) is 10.6. The molecule has 1 heterocycles. The van der Waals surface area contributed by atoms with Crippen LogP contribution in [0.15, 0.2) is 4.99 Å². The molecule has 2 unspecified atom stereocenters. The van der Waals surface area contributed by atoms with Gasteiger partial charge in [0.05, 0.1) is 12.6 Å². The molecule has 14 heavy (non-hydrogen) atoms. The maximum atomic E-state index is 11.6. The predicted octanol–water partition coefficient (Wildman–Crippen LogP) is 0.579. The third-order valence-electron chi connectivity index (χ3n) is 2.38. The fourth-order valence-electron chi connectivity index (χ4n) is 1.11. The standard InChI is InChI=1S/C9H17N3OS/c1-3-6(2)7(10)8(13)12-9-11-4-5-14-9/h6-7H,3-5,10H2,1-2H3,(H,11,12,13). The number of carbonyl (C=O) groups excluding carboxylic acids is 1. The predicted molar refractivity (Wildman–Crippen MR) is 60.3 cm³/mol. The van der Waals surface area contributed by atoms with E-state index >= 15 is 0 Å². The normalized spacial score (nSPS) is 20.1. The number of amidine groups is 1. The highest BCUT2D eigenvalue weighted by Crippen LogP contribution is 2.10. The molecule has 2 atom stereocenters. The molecule has 1 amide bonds. The number of aliphatic imine (C=N–C) groups is 1. The molecule has 0 radical (unpaired) electrons. The number of hydrogen-bond donors (Lipinski definition) is 2. The SMILES string of the molecule is CCC(C)C(N)C(=O)NC1=NCCS1. The summed E-state index contributed by atoms with van der Waals surface area (Å²) in [5.74, 6) is 1.04. The number of amides is 1. The summed E-state index contributed by atoms with van der Waals surface area (Å²) in [5, 5.41) is 3.46. The molecule has 0 aromatic carbocycles. The van der Waals surface area contributed by atoms with Crippen LogP contribution in [0.25, 0.3) is 0 Å². The van der Waals surface area contributed by atoms with Crippen molar-refractivity contribution in [3.8, 4) is 0 Å². The van der Waals surface area contributed by atoms with Gasteiger partial charge < -0.3 is 11.1 Å². The summed E-state index contributed by atoms with van der Waals surface area (Å²) >= 11 is 1.57. The summed E-state index contributed by atoms with van der Waals surface area (Å²) in [7, 11) is 0. The van der Waals surface area contributed by atoms with Gasteiger partial charge in [0, 0.05) is 5.75 Å². The van der Waals surface area contributed by atoms with Gasteiger partial charge in [0.25, 0.3) is 0 Å². The van der Waals surface area contributed by atoms with Crippen LogP contribution in [-0.4, -0.2) is 29.4 Å². The number of nitrogens with two attached hydrogens (primary N) is 1. The highest BCUT2D eigenvalue weighted by atomic mass is 32.2. The third-order valence-corrected chi connectivity index (χ3v) is 3.27. The third kappa shape index (κ3) is 2.99. The molecule has 0 fully saturated rings. The molecule has 0 spiro atoms. The minimum Gasteiger partial charge on any atom is -0.320 e. The first-order valence-electron chi connectivity index (χ1n) is 4.88. The zero-order valence-corrected chi connectivity index (χ0v) is 9.43. The van der Waals surface area contributed by atoms with Crippen molar-refractivity contribution < 1.29 is 4.79 Å². The number of hydrogen-bond acceptors (Lipinski definition) is 4. The summed E-state index contributed by atoms with van der Waals surface area (Å²) < 4.78 is 0. The van der Waals surface area contributed by atoms with Gasteiger partial charge >= 0.3 is 0 Å². The van der Waals surface area contributed by atoms with E-state index in [0.29, 0.717) is 5.17 Å². The van der Waals surface area contributed by atoms with Crippen molar-refractivity contribution in [3.63, 3.8) is 0 Å². The van der Waals surface area contributed by atoms with Crippen LogP contribution in [0, 0.1) is 5.92 Å². The van der Waals surface area contributed by atoms with E-state index in [1.54, 1.807) is 11.8 Å². The number of carbonyl (C=O) groups is 1. The molecule has 3 N–H and O–H groups in total. The van der Waals surface area contributed by atoms with Crippen molar-refractivity contribution in [3.05, 3.63) is 0 Å². The largest absolute Gasteiger partial charge is 0.320 e. The number of thioether (sulfide) groups is 1. The van der Waals surface area contributed by atoms with E-state index < -0.39 is 6.04 Å². The molecule has 0 saturated carbocycles. The molecule has 4 nitrogen and oxygen atoms in total. The van der Waals surface area contributed by atoms with Gasteiger partial charge in [0.2, 0.25) is 5.91 Å². The van der Waals surface area contributed by atoms with Gasteiger partial charge in [0.15, 0.2) is 5.17 Å². The lowest BCUT2D eigenvalue weighted by molar-refractivity contribution is -0.121. The first-order valence-corrected chi connectivity index (χ1v) is 5.87. The van der Waals surface area contributed by atoms with Gasteiger partial charge in [0.1, 0.15) is 0 Å². The van der Waals surface area contributed by atoms with Gasteiger partial charge in [-0.3, -0.25) is 9.79 Å². The van der Waals surface area contributed by atoms with Crippen LogP contribution < -0.4 is 11.1 Å². The van der Waals surface area contributed by atoms with Crippen molar-refractivity contribution >= 4 is 22.8 Å². The van der Waals surface area contributed by atoms with Crippen LogP contribution in [0.1, 0.15) is 20.3 Å². The molecule has 0 bridgehead atoms. The van der Waals surface area contributed by atoms with Crippen LogP contribution in [0.5, 0.6) is 0 Å². The Morgan fingerprint density at radius 3 is 3.00 bits per heavy atom. The number of rotatable bonds is 3. The van der Waals surface area contributed by atoms with E-state index in [4.69, 9.17) is 5.73 Å². The monoisotopic (exact) mass is 215 g/mol. The molecule has 1 rings (SSSR count). The summed E-state index contributed by atoms with van der Waals surface area (Å²) in [4.78, 5) is 15.7. The molecule has 5 heteroatoms. The quantitative estimate of drug-likeness (QED) is 0.723. The second kappa shape index (κ2) is 5.36. The van der Waals surface area contributed by atoms with E-state index in [2.05, 4.69) is 10.3 Å². The summed E-state index contributed by atoms with van der Waals surface area (Å²) in [5.41, 5.74) is 5.77. The van der Waals surface area contributed by atoms with E-state index in [0.717, 1.165) is 18.7 Å². The van der Waals surface area contributed by atoms with Crippen LogP contribution in [0.2, 0.25) is 0 Å². The van der Waals surface area contributed by atoms with E-state index in [9.17, 15) is 4.79 Å². The van der Waals surface area contributed by atoms with Crippen molar-refractivity contribution in [1.29, 1.82) is 0 Å². The number of nitrogens with zero attached hydrogens (tertiary/aromatic N) is 1. The summed E-state index contributed by atoms with van der Waals surface area (Å²) in [6, 6.07) is -0.427. The summed E-state index contributed by atoms with van der Waals surface area (Å²) in [6.07, 6.45) is 0.911. The average molecular weight is 215 g/mol. The Bertz CT molecular complexity index is 242. The Labute approximate surface area is 88.7 Å². The average Bonchev–Trinajstić information content (AvgIpc) is 2.68. The first kappa shape index (κ1) is 11.5. The molecule has 0 aliphatic carbocycles. The van der Waals surface area contributed by atoms with Gasteiger partial charge in [-0.15, -0.1) is 0 Å². The Balaban J connectivity index is 2.40. The van der Waals surface area contributed by atoms with Crippen LogP contribution in [0.4, 0.5) is 0 Å². The highest BCUT2D eigenvalue weighted by Gasteiger charge is 2.21. The van der Waals surface area contributed by atoms with Gasteiger partial charge in [-0.2, -0.15) is 0 Å². The molecule has 0 aromatic heterocycles. The second-order valence-corrected chi connectivity index (χ2v) is 4.52. The molecule has 0 aromatic rings. The Morgan fingerprint density at radius 2 is 2.50 bits per heavy atom. The lowest BCUT2D eigenvalue weighted by atomic mass is 10.00. The lowest BCUT2D eigenvalue weighted by Gasteiger charge is -2.17. The highest BCUT2D eigenvalue weighted by molar-refractivity contribution is 8.14. The minimum absolute atomic E-state index is 0.118. The minimum atomic E-state index is -0.427. The van der Waals surface area contributed by atoms with Crippen LogP contribution in [-0.2, 0) is 4.79 Å². The summed E-state index contributed by atoms with van der Waals surface area (Å²) in [6.45, 7) is 4.80. The molecule has 1 aliphatic heterocycles. The van der Waals surface area contributed by atoms with E-state index in [1.165, 1.54) is 0 Å². The molecule has 0 saturated heterocycles. The fourth-order valence-corrected chi connectivity index (χ4v) is 1.84. The van der Waals surface area contributed by atoms with Crippen molar-refractivity contribution in [2.24, 2.45) is 16.6 Å². The van der Waals surface area contributed by atoms with Crippen molar-refractivity contribution in [2.45, 2.75) is 26.3 Å². The topological polar surface area (TPSA) is 67.5 Å². The zero-order valence-electron chi connectivity index (χ0n) is 8.62.